The lowest BCUT2D eigenvalue weighted by Crippen LogP contribution is -2.48. The lowest BCUT2D eigenvalue weighted by molar-refractivity contribution is -0.0587. The standard InChI is InChI=1S/C14H16ClN3O2/c1-9-7-17(8-10(2)20-9)14(19)13-12(15)11-5-3-4-6-18(11)16-13/h3-6,9-10H,7-8H2,1-2H3. The van der Waals surface area contributed by atoms with Crippen molar-refractivity contribution >= 4 is 23.0 Å². The molecule has 2 unspecified atom stereocenters. The van der Waals surface area contributed by atoms with Gasteiger partial charge in [-0.1, -0.05) is 17.7 Å². The number of nitrogens with zero attached hydrogens (tertiary/aromatic N) is 3. The Bertz CT molecular complexity index is 645. The quantitative estimate of drug-likeness (QED) is 0.810. The second kappa shape index (κ2) is 5.07. The van der Waals surface area contributed by atoms with Crippen LogP contribution in [0.3, 0.4) is 0 Å². The Morgan fingerprint density at radius 1 is 1.35 bits per heavy atom. The lowest BCUT2D eigenvalue weighted by atomic mass is 10.2. The van der Waals surface area contributed by atoms with E-state index in [9.17, 15) is 4.79 Å². The van der Waals surface area contributed by atoms with E-state index >= 15 is 0 Å². The minimum Gasteiger partial charge on any atom is -0.372 e. The molecule has 3 rings (SSSR count). The van der Waals surface area contributed by atoms with Crippen LogP contribution in [0.4, 0.5) is 0 Å². The number of aromatic nitrogens is 2. The molecule has 1 fully saturated rings. The van der Waals surface area contributed by atoms with Crippen LogP contribution in [0.2, 0.25) is 5.02 Å². The molecule has 0 spiro atoms. The summed E-state index contributed by atoms with van der Waals surface area (Å²) in [5.74, 6) is -0.138. The number of amides is 1. The van der Waals surface area contributed by atoms with Crippen LogP contribution in [0.25, 0.3) is 5.52 Å². The second-order valence-corrected chi connectivity index (χ2v) is 5.54. The molecule has 5 nitrogen and oxygen atoms in total. The van der Waals surface area contributed by atoms with Crippen LogP contribution in [0.5, 0.6) is 0 Å². The largest absolute Gasteiger partial charge is 0.372 e. The van der Waals surface area contributed by atoms with Gasteiger partial charge in [0.25, 0.3) is 5.91 Å². The van der Waals surface area contributed by atoms with Gasteiger partial charge in [-0.2, -0.15) is 5.10 Å². The predicted octanol–water partition coefficient (Wildman–Crippen LogP) is 2.24. The molecule has 2 aromatic rings. The average Bonchev–Trinajstić information content (AvgIpc) is 2.75. The van der Waals surface area contributed by atoms with Crippen molar-refractivity contribution in [2.75, 3.05) is 13.1 Å². The highest BCUT2D eigenvalue weighted by atomic mass is 35.5. The van der Waals surface area contributed by atoms with Crippen molar-refractivity contribution in [3.8, 4) is 0 Å². The van der Waals surface area contributed by atoms with Crippen molar-refractivity contribution in [3.63, 3.8) is 0 Å². The molecule has 1 aliphatic rings. The number of fused-ring (bicyclic) bond motifs is 1. The van der Waals surface area contributed by atoms with Gasteiger partial charge in [0.1, 0.15) is 0 Å². The molecule has 0 saturated carbocycles. The lowest BCUT2D eigenvalue weighted by Gasteiger charge is -2.34. The van der Waals surface area contributed by atoms with Gasteiger partial charge in [0, 0.05) is 19.3 Å². The first-order chi connectivity index (χ1) is 9.56. The third-order valence-electron chi connectivity index (χ3n) is 3.39. The molecule has 20 heavy (non-hydrogen) atoms. The van der Waals surface area contributed by atoms with E-state index < -0.39 is 0 Å². The number of ether oxygens (including phenoxy) is 1. The molecule has 2 aromatic heterocycles. The summed E-state index contributed by atoms with van der Waals surface area (Å²) < 4.78 is 7.27. The van der Waals surface area contributed by atoms with Crippen molar-refractivity contribution in [2.24, 2.45) is 0 Å². The maximum Gasteiger partial charge on any atom is 0.276 e. The second-order valence-electron chi connectivity index (χ2n) is 5.16. The summed E-state index contributed by atoms with van der Waals surface area (Å²) in [6, 6.07) is 5.57. The van der Waals surface area contributed by atoms with Gasteiger partial charge in [0.2, 0.25) is 0 Å². The zero-order valence-corrected chi connectivity index (χ0v) is 12.2. The zero-order valence-electron chi connectivity index (χ0n) is 11.4. The maximum absolute atomic E-state index is 12.6. The Labute approximate surface area is 122 Å². The zero-order chi connectivity index (χ0) is 14.3. The third-order valence-corrected chi connectivity index (χ3v) is 3.76. The summed E-state index contributed by atoms with van der Waals surface area (Å²) in [6.45, 7) is 5.04. The Morgan fingerprint density at radius 2 is 2.05 bits per heavy atom. The van der Waals surface area contributed by atoms with Crippen LogP contribution in [0, 0.1) is 0 Å². The molecule has 0 aromatic carbocycles. The molecule has 1 saturated heterocycles. The fourth-order valence-corrected chi connectivity index (χ4v) is 2.87. The maximum atomic E-state index is 12.6. The number of carbonyl (C=O) groups excluding carboxylic acids is 1. The molecule has 1 amide bonds. The molecule has 0 N–H and O–H groups in total. The van der Waals surface area contributed by atoms with Crippen molar-refractivity contribution < 1.29 is 9.53 Å². The topological polar surface area (TPSA) is 46.8 Å². The first kappa shape index (κ1) is 13.4. The first-order valence-corrected chi connectivity index (χ1v) is 7.01. The Morgan fingerprint density at radius 3 is 2.70 bits per heavy atom. The van der Waals surface area contributed by atoms with Gasteiger partial charge in [-0.05, 0) is 26.0 Å². The molecule has 3 heterocycles. The van der Waals surface area contributed by atoms with E-state index in [1.165, 1.54) is 0 Å². The molecule has 1 aliphatic heterocycles. The van der Waals surface area contributed by atoms with Crippen LogP contribution >= 0.6 is 11.6 Å². The summed E-state index contributed by atoms with van der Waals surface area (Å²) >= 11 is 6.28. The molecule has 0 radical (unpaired) electrons. The summed E-state index contributed by atoms with van der Waals surface area (Å²) in [4.78, 5) is 14.3. The van der Waals surface area contributed by atoms with Gasteiger partial charge in [0.15, 0.2) is 5.69 Å². The third kappa shape index (κ3) is 2.27. The molecule has 0 bridgehead atoms. The van der Waals surface area contributed by atoms with Crippen molar-refractivity contribution in [3.05, 3.63) is 35.1 Å². The first-order valence-electron chi connectivity index (χ1n) is 6.64. The number of hydrogen-bond acceptors (Lipinski definition) is 3. The van der Waals surface area contributed by atoms with Gasteiger partial charge in [0.05, 0.1) is 22.7 Å². The normalized spacial score (nSPS) is 23.2. The molecular formula is C14H16ClN3O2. The monoisotopic (exact) mass is 293 g/mol. The number of morpholine rings is 1. The van der Waals surface area contributed by atoms with Gasteiger partial charge in [-0.25, -0.2) is 4.52 Å². The van der Waals surface area contributed by atoms with E-state index in [4.69, 9.17) is 16.3 Å². The molecule has 6 heteroatoms. The van der Waals surface area contributed by atoms with E-state index in [1.807, 2.05) is 32.0 Å². The van der Waals surface area contributed by atoms with E-state index in [1.54, 1.807) is 15.6 Å². The summed E-state index contributed by atoms with van der Waals surface area (Å²) in [7, 11) is 0. The molecule has 106 valence electrons. The molecule has 2 atom stereocenters. The number of pyridine rings is 1. The van der Waals surface area contributed by atoms with E-state index in [2.05, 4.69) is 5.10 Å². The number of hydrogen-bond donors (Lipinski definition) is 0. The van der Waals surface area contributed by atoms with E-state index in [0.717, 1.165) is 5.52 Å². The summed E-state index contributed by atoms with van der Waals surface area (Å²) in [6.07, 6.45) is 1.83. The highest BCUT2D eigenvalue weighted by Gasteiger charge is 2.29. The Kier molecular flexibility index (Phi) is 3.40. The highest BCUT2D eigenvalue weighted by Crippen LogP contribution is 2.24. The van der Waals surface area contributed by atoms with Crippen LogP contribution in [-0.2, 0) is 4.74 Å². The van der Waals surface area contributed by atoms with E-state index in [-0.39, 0.29) is 18.1 Å². The highest BCUT2D eigenvalue weighted by molar-refractivity contribution is 6.36. The minimum absolute atomic E-state index is 0.0264. The van der Waals surface area contributed by atoms with Crippen molar-refractivity contribution in [1.82, 2.24) is 14.5 Å². The van der Waals surface area contributed by atoms with Crippen LogP contribution in [0.1, 0.15) is 24.3 Å². The van der Waals surface area contributed by atoms with E-state index in [0.29, 0.717) is 23.8 Å². The van der Waals surface area contributed by atoms with Crippen molar-refractivity contribution in [2.45, 2.75) is 26.1 Å². The Balaban J connectivity index is 1.94. The van der Waals surface area contributed by atoms with Crippen LogP contribution in [-0.4, -0.2) is 45.7 Å². The Hall–Kier alpha value is -1.59. The van der Waals surface area contributed by atoms with Gasteiger partial charge in [-0.3, -0.25) is 4.79 Å². The van der Waals surface area contributed by atoms with Crippen LogP contribution in [0.15, 0.2) is 24.4 Å². The predicted molar refractivity (Wildman–Crippen MR) is 76.1 cm³/mol. The number of halogens is 1. The fourth-order valence-electron chi connectivity index (χ4n) is 2.60. The fraction of sp³-hybridized carbons (Fsp3) is 0.429. The van der Waals surface area contributed by atoms with Gasteiger partial charge in [-0.15, -0.1) is 0 Å². The summed E-state index contributed by atoms with van der Waals surface area (Å²) in [5, 5.41) is 4.70. The minimum atomic E-state index is -0.138. The molecular weight excluding hydrogens is 278 g/mol. The average molecular weight is 294 g/mol. The van der Waals surface area contributed by atoms with Gasteiger partial charge < -0.3 is 9.64 Å². The van der Waals surface area contributed by atoms with Crippen molar-refractivity contribution in [1.29, 1.82) is 0 Å². The summed E-state index contributed by atoms with van der Waals surface area (Å²) in [5.41, 5.74) is 1.05. The number of rotatable bonds is 1. The number of carbonyl (C=O) groups is 1. The smallest absolute Gasteiger partial charge is 0.276 e. The van der Waals surface area contributed by atoms with Crippen LogP contribution < -0.4 is 0 Å². The van der Waals surface area contributed by atoms with Gasteiger partial charge >= 0.3 is 0 Å². The SMILES string of the molecule is CC1CN(C(=O)c2nn3ccccc3c2Cl)CC(C)O1. The molecule has 0 aliphatic carbocycles.